The van der Waals surface area contributed by atoms with E-state index in [-0.39, 0.29) is 23.7 Å². The largest absolute Gasteiger partial charge is 0.462 e. The molecule has 0 bridgehead atoms. The van der Waals surface area contributed by atoms with Gasteiger partial charge in [-0.15, -0.1) is 0 Å². The summed E-state index contributed by atoms with van der Waals surface area (Å²) in [5.41, 5.74) is -1.61. The van der Waals surface area contributed by atoms with Crippen molar-refractivity contribution in [1.82, 2.24) is 19.6 Å². The van der Waals surface area contributed by atoms with E-state index < -0.39 is 28.2 Å². The zero-order valence-electron chi connectivity index (χ0n) is 13.3. The molecule has 8 nitrogen and oxygen atoms in total. The number of rotatable bonds is 4. The van der Waals surface area contributed by atoms with Crippen molar-refractivity contribution in [2.45, 2.75) is 13.1 Å². The number of amides is 1. The normalized spacial score (nSPS) is 11.5. The third-order valence-corrected chi connectivity index (χ3v) is 3.89. The summed E-state index contributed by atoms with van der Waals surface area (Å²) in [6, 6.07) is 0. The fourth-order valence-electron chi connectivity index (χ4n) is 2.04. The molecule has 0 aliphatic rings. The van der Waals surface area contributed by atoms with E-state index in [0.717, 1.165) is 4.68 Å². The molecule has 0 saturated carbocycles. The van der Waals surface area contributed by atoms with Crippen molar-refractivity contribution in [2.75, 3.05) is 11.9 Å². The van der Waals surface area contributed by atoms with Gasteiger partial charge >= 0.3 is 12.1 Å². The predicted molar refractivity (Wildman–Crippen MR) is 83.0 cm³/mol. The van der Waals surface area contributed by atoms with Crippen LogP contribution in [0.15, 0.2) is 10.7 Å². The lowest BCUT2D eigenvalue weighted by Crippen LogP contribution is -2.20. The number of carbonyl (C=O) groups excluding carboxylic acids is 2. The molecule has 0 aliphatic carbocycles. The summed E-state index contributed by atoms with van der Waals surface area (Å²) in [6.07, 6.45) is -3.54. The SMILES string of the molecule is CCOC(=O)c1cnn(C)c1NC(=O)c1c(Br)c(C(F)(F)F)nn1C. The molecule has 0 aromatic carbocycles. The number of nitrogens with zero attached hydrogens (tertiary/aromatic N) is 4. The van der Waals surface area contributed by atoms with Crippen LogP contribution in [0, 0.1) is 0 Å². The molecule has 2 aromatic heterocycles. The molecule has 1 N–H and O–H groups in total. The molecule has 0 unspecified atom stereocenters. The minimum absolute atomic E-state index is 0.00916. The van der Waals surface area contributed by atoms with E-state index in [4.69, 9.17) is 4.74 Å². The third kappa shape index (κ3) is 3.67. The lowest BCUT2D eigenvalue weighted by atomic mass is 10.3. The zero-order chi connectivity index (χ0) is 18.9. The molecule has 2 aromatic rings. The maximum Gasteiger partial charge on any atom is 0.436 e. The molecule has 0 atom stereocenters. The standard InChI is InChI=1S/C13H13BrF3N5O3/c1-4-25-12(24)6-5-18-22(3)10(6)19-11(23)8-7(14)9(13(15,16)17)20-21(8)2/h5H,4H2,1-3H3,(H,19,23). The van der Waals surface area contributed by atoms with Gasteiger partial charge in [-0.25, -0.2) is 4.79 Å². The Morgan fingerprint density at radius 3 is 2.48 bits per heavy atom. The average Bonchev–Trinajstić information content (AvgIpc) is 2.99. The van der Waals surface area contributed by atoms with E-state index in [1.165, 1.54) is 25.0 Å². The first-order valence-corrected chi connectivity index (χ1v) is 7.67. The Balaban J connectivity index is 2.38. The molecule has 2 heterocycles. The molecule has 136 valence electrons. The number of nitrogens with one attached hydrogen (secondary N) is 1. The summed E-state index contributed by atoms with van der Waals surface area (Å²) in [5.74, 6) is -1.62. The molecule has 0 fully saturated rings. The molecule has 2 rings (SSSR count). The Hall–Kier alpha value is -2.37. The number of esters is 1. The first-order valence-electron chi connectivity index (χ1n) is 6.88. The van der Waals surface area contributed by atoms with Gasteiger partial charge in [0.25, 0.3) is 5.91 Å². The Bertz CT molecular complexity index is 828. The van der Waals surface area contributed by atoms with Crippen molar-refractivity contribution >= 4 is 33.6 Å². The Labute approximate surface area is 148 Å². The topological polar surface area (TPSA) is 91.0 Å². The van der Waals surface area contributed by atoms with Gasteiger partial charge in [0.05, 0.1) is 17.3 Å². The second-order valence-corrected chi connectivity index (χ2v) is 5.63. The Morgan fingerprint density at radius 1 is 1.32 bits per heavy atom. The van der Waals surface area contributed by atoms with Crippen molar-refractivity contribution in [1.29, 1.82) is 0 Å². The smallest absolute Gasteiger partial charge is 0.436 e. The van der Waals surface area contributed by atoms with Crippen molar-refractivity contribution < 1.29 is 27.5 Å². The van der Waals surface area contributed by atoms with Gasteiger partial charge < -0.3 is 10.1 Å². The van der Waals surface area contributed by atoms with E-state index in [2.05, 4.69) is 31.4 Å². The molecule has 25 heavy (non-hydrogen) atoms. The van der Waals surface area contributed by atoms with Crippen LogP contribution < -0.4 is 5.32 Å². The number of ether oxygens (including phenoxy) is 1. The highest BCUT2D eigenvalue weighted by molar-refractivity contribution is 9.10. The average molecular weight is 424 g/mol. The third-order valence-electron chi connectivity index (χ3n) is 3.14. The van der Waals surface area contributed by atoms with E-state index in [0.29, 0.717) is 0 Å². The molecule has 1 amide bonds. The molecule has 0 radical (unpaired) electrons. The number of aromatic nitrogens is 4. The molecule has 0 spiro atoms. The Morgan fingerprint density at radius 2 is 1.96 bits per heavy atom. The van der Waals surface area contributed by atoms with Crippen molar-refractivity contribution in [3.63, 3.8) is 0 Å². The van der Waals surface area contributed by atoms with E-state index in [1.54, 1.807) is 6.92 Å². The van der Waals surface area contributed by atoms with Crippen LogP contribution in [0.4, 0.5) is 19.0 Å². The van der Waals surface area contributed by atoms with E-state index >= 15 is 0 Å². The number of aryl methyl sites for hydroxylation is 2. The number of hydrogen-bond acceptors (Lipinski definition) is 5. The van der Waals surface area contributed by atoms with Crippen LogP contribution in [0.2, 0.25) is 0 Å². The van der Waals surface area contributed by atoms with E-state index in [9.17, 15) is 22.8 Å². The van der Waals surface area contributed by atoms with Gasteiger partial charge in [0, 0.05) is 14.1 Å². The lowest BCUT2D eigenvalue weighted by molar-refractivity contribution is -0.142. The summed E-state index contributed by atoms with van der Waals surface area (Å²) >= 11 is 2.76. The summed E-state index contributed by atoms with van der Waals surface area (Å²) < 4.78 is 45.0. The highest BCUT2D eigenvalue weighted by Gasteiger charge is 2.39. The minimum Gasteiger partial charge on any atom is -0.462 e. The fourth-order valence-corrected chi connectivity index (χ4v) is 2.78. The van der Waals surface area contributed by atoms with Gasteiger partial charge in [-0.3, -0.25) is 14.2 Å². The predicted octanol–water partition coefficient (Wildman–Crippen LogP) is 2.36. The van der Waals surface area contributed by atoms with Crippen LogP contribution >= 0.6 is 15.9 Å². The number of anilines is 1. The highest BCUT2D eigenvalue weighted by Crippen LogP contribution is 2.35. The minimum atomic E-state index is -4.72. The maximum absolute atomic E-state index is 12.9. The molecular weight excluding hydrogens is 411 g/mol. The molecular formula is C13H13BrF3N5O3. The summed E-state index contributed by atoms with van der Waals surface area (Å²) in [6.45, 7) is 1.72. The monoisotopic (exact) mass is 423 g/mol. The number of hydrogen-bond donors (Lipinski definition) is 1. The van der Waals surface area contributed by atoms with Gasteiger partial charge in [-0.1, -0.05) is 0 Å². The van der Waals surface area contributed by atoms with Crippen molar-refractivity contribution in [3.8, 4) is 0 Å². The first kappa shape index (κ1) is 19.0. The van der Waals surface area contributed by atoms with Crippen LogP contribution in [0.5, 0.6) is 0 Å². The van der Waals surface area contributed by atoms with Gasteiger partial charge in [0.15, 0.2) is 5.69 Å². The molecule has 0 saturated heterocycles. The summed E-state index contributed by atoms with van der Waals surface area (Å²) in [7, 11) is 2.65. The van der Waals surface area contributed by atoms with Crippen LogP contribution in [0.25, 0.3) is 0 Å². The molecule has 0 aliphatic heterocycles. The fraction of sp³-hybridized carbons (Fsp3) is 0.385. The van der Waals surface area contributed by atoms with Crippen LogP contribution in [-0.2, 0) is 25.0 Å². The molecule has 12 heteroatoms. The highest BCUT2D eigenvalue weighted by atomic mass is 79.9. The zero-order valence-corrected chi connectivity index (χ0v) is 14.9. The number of carbonyl (C=O) groups is 2. The number of halogens is 4. The second-order valence-electron chi connectivity index (χ2n) is 4.84. The lowest BCUT2D eigenvalue weighted by Gasteiger charge is -2.09. The maximum atomic E-state index is 12.9. The van der Waals surface area contributed by atoms with Crippen molar-refractivity contribution in [2.24, 2.45) is 14.1 Å². The van der Waals surface area contributed by atoms with Gasteiger partial charge in [0.1, 0.15) is 17.1 Å². The van der Waals surface area contributed by atoms with Crippen LogP contribution in [0.3, 0.4) is 0 Å². The van der Waals surface area contributed by atoms with Crippen LogP contribution in [0.1, 0.15) is 33.5 Å². The number of alkyl halides is 3. The van der Waals surface area contributed by atoms with Gasteiger partial charge in [0.2, 0.25) is 0 Å². The van der Waals surface area contributed by atoms with Crippen molar-refractivity contribution in [3.05, 3.63) is 27.6 Å². The van der Waals surface area contributed by atoms with Gasteiger partial charge in [-0.05, 0) is 22.9 Å². The quantitative estimate of drug-likeness (QED) is 0.762. The second kappa shape index (κ2) is 6.86. The van der Waals surface area contributed by atoms with Gasteiger partial charge in [-0.2, -0.15) is 23.4 Å². The van der Waals surface area contributed by atoms with E-state index in [1.807, 2.05) is 0 Å². The Kier molecular flexibility index (Phi) is 5.20. The van der Waals surface area contributed by atoms with Crippen LogP contribution in [-0.4, -0.2) is 38.0 Å². The summed E-state index contributed by atoms with van der Waals surface area (Å²) in [4.78, 5) is 24.3. The summed E-state index contributed by atoms with van der Waals surface area (Å²) in [5, 5.41) is 9.52. The first-order chi connectivity index (χ1) is 11.6.